The molecule has 0 N–H and O–H groups in total. The Morgan fingerprint density at radius 1 is 1.07 bits per heavy atom. The van der Waals surface area contributed by atoms with Crippen LogP contribution in [0, 0.1) is 5.92 Å². The highest BCUT2D eigenvalue weighted by Crippen LogP contribution is 2.30. The molecule has 0 bridgehead atoms. The number of hydrogen-bond acceptors (Lipinski definition) is 1. The molecule has 1 nitrogen and oxygen atoms in total. The van der Waals surface area contributed by atoms with Crippen LogP contribution >= 0.6 is 0 Å². The number of allylic oxidation sites excluding steroid dienone is 2. The molecule has 1 heteroatoms. The van der Waals surface area contributed by atoms with E-state index in [2.05, 4.69) is 6.08 Å². The Bertz CT molecular complexity index is 234. The molecule has 0 aromatic heterocycles. The average molecular weight is 192 g/mol. The molecule has 0 aromatic carbocycles. The second kappa shape index (κ2) is 4.77. The van der Waals surface area contributed by atoms with E-state index in [0.29, 0.717) is 11.7 Å². The summed E-state index contributed by atoms with van der Waals surface area (Å²) >= 11 is 0. The van der Waals surface area contributed by atoms with E-state index in [4.69, 9.17) is 0 Å². The molecule has 2 rings (SSSR count). The summed E-state index contributed by atoms with van der Waals surface area (Å²) in [7, 11) is 0. The van der Waals surface area contributed by atoms with Crippen molar-refractivity contribution in [3.8, 4) is 0 Å². The third-order valence-electron chi connectivity index (χ3n) is 3.58. The van der Waals surface area contributed by atoms with Gasteiger partial charge >= 0.3 is 0 Å². The van der Waals surface area contributed by atoms with Gasteiger partial charge in [-0.2, -0.15) is 0 Å². The van der Waals surface area contributed by atoms with Crippen LogP contribution in [0.3, 0.4) is 0 Å². The Labute approximate surface area is 86.6 Å². The molecule has 0 saturated heterocycles. The first-order valence-electron chi connectivity index (χ1n) is 6.11. The monoisotopic (exact) mass is 192 g/mol. The summed E-state index contributed by atoms with van der Waals surface area (Å²) in [5, 5.41) is 0. The maximum Gasteiger partial charge on any atom is 0.161 e. The first-order chi connectivity index (χ1) is 6.88. The Hall–Kier alpha value is -0.590. The summed E-state index contributed by atoms with van der Waals surface area (Å²) in [6.07, 6.45) is 13.0. The van der Waals surface area contributed by atoms with Crippen LogP contribution < -0.4 is 0 Å². The third kappa shape index (κ3) is 2.26. The Morgan fingerprint density at radius 3 is 2.64 bits per heavy atom. The van der Waals surface area contributed by atoms with Gasteiger partial charge < -0.3 is 0 Å². The van der Waals surface area contributed by atoms with Crippen LogP contribution in [0.2, 0.25) is 0 Å². The van der Waals surface area contributed by atoms with Crippen LogP contribution in [-0.2, 0) is 4.79 Å². The molecule has 78 valence electrons. The molecule has 0 heterocycles. The standard InChI is InChI=1S/C13H20O/c14-13(12-9-5-6-10-12)11-7-3-1-2-4-8-11/h7,12H,1-6,8-10H2. The van der Waals surface area contributed by atoms with Gasteiger partial charge in [0.05, 0.1) is 0 Å². The summed E-state index contributed by atoms with van der Waals surface area (Å²) in [5.41, 5.74) is 1.16. The van der Waals surface area contributed by atoms with Crippen molar-refractivity contribution in [1.82, 2.24) is 0 Å². The van der Waals surface area contributed by atoms with E-state index in [1.165, 1.54) is 32.1 Å². The lowest BCUT2D eigenvalue weighted by molar-refractivity contribution is -0.119. The van der Waals surface area contributed by atoms with E-state index in [1.807, 2.05) is 0 Å². The minimum absolute atomic E-state index is 0.388. The molecule has 2 aliphatic rings. The van der Waals surface area contributed by atoms with Crippen LogP contribution in [-0.4, -0.2) is 5.78 Å². The normalized spacial score (nSPS) is 24.4. The Morgan fingerprint density at radius 2 is 1.86 bits per heavy atom. The molecule has 2 aliphatic carbocycles. The van der Waals surface area contributed by atoms with E-state index in [1.54, 1.807) is 0 Å². The predicted molar refractivity (Wildman–Crippen MR) is 58.1 cm³/mol. The van der Waals surface area contributed by atoms with Crippen molar-refractivity contribution in [3.05, 3.63) is 11.6 Å². The van der Waals surface area contributed by atoms with E-state index < -0.39 is 0 Å². The molecule has 14 heavy (non-hydrogen) atoms. The largest absolute Gasteiger partial charge is 0.294 e. The van der Waals surface area contributed by atoms with Crippen LogP contribution in [0.4, 0.5) is 0 Å². The van der Waals surface area contributed by atoms with Gasteiger partial charge in [-0.25, -0.2) is 0 Å². The van der Waals surface area contributed by atoms with Gasteiger partial charge in [0, 0.05) is 5.92 Å². The molecular weight excluding hydrogens is 172 g/mol. The van der Waals surface area contributed by atoms with Gasteiger partial charge in [0.1, 0.15) is 0 Å². The summed E-state index contributed by atoms with van der Waals surface area (Å²) in [5.74, 6) is 0.878. The Kier molecular flexibility index (Phi) is 3.39. The molecule has 0 radical (unpaired) electrons. The lowest BCUT2D eigenvalue weighted by atomic mass is 9.93. The highest BCUT2D eigenvalue weighted by molar-refractivity contribution is 5.97. The molecular formula is C13H20O. The number of carbonyl (C=O) groups excluding carboxylic acids is 1. The van der Waals surface area contributed by atoms with Crippen molar-refractivity contribution in [3.63, 3.8) is 0 Å². The summed E-state index contributed by atoms with van der Waals surface area (Å²) < 4.78 is 0. The van der Waals surface area contributed by atoms with Crippen LogP contribution in [0.5, 0.6) is 0 Å². The molecule has 0 amide bonds. The smallest absolute Gasteiger partial charge is 0.161 e. The zero-order chi connectivity index (χ0) is 9.80. The van der Waals surface area contributed by atoms with Crippen LogP contribution in [0.1, 0.15) is 57.8 Å². The fourth-order valence-electron chi connectivity index (χ4n) is 2.69. The van der Waals surface area contributed by atoms with Crippen molar-refractivity contribution in [2.24, 2.45) is 5.92 Å². The topological polar surface area (TPSA) is 17.1 Å². The first-order valence-corrected chi connectivity index (χ1v) is 6.11. The molecule has 1 fully saturated rings. The maximum atomic E-state index is 12.1. The second-order valence-electron chi connectivity index (χ2n) is 4.67. The molecule has 0 aromatic rings. The number of hydrogen-bond donors (Lipinski definition) is 0. The zero-order valence-electron chi connectivity index (χ0n) is 8.93. The van der Waals surface area contributed by atoms with E-state index in [0.717, 1.165) is 31.3 Å². The predicted octanol–water partition coefficient (Wildman–Crippen LogP) is 3.64. The van der Waals surface area contributed by atoms with Gasteiger partial charge in [-0.05, 0) is 44.1 Å². The van der Waals surface area contributed by atoms with Crippen molar-refractivity contribution in [1.29, 1.82) is 0 Å². The minimum Gasteiger partial charge on any atom is -0.294 e. The molecule has 0 atom stereocenters. The molecule has 1 saturated carbocycles. The number of carbonyl (C=O) groups is 1. The van der Waals surface area contributed by atoms with E-state index >= 15 is 0 Å². The molecule has 0 spiro atoms. The zero-order valence-corrected chi connectivity index (χ0v) is 8.93. The van der Waals surface area contributed by atoms with Gasteiger partial charge in [-0.3, -0.25) is 4.79 Å². The van der Waals surface area contributed by atoms with Crippen molar-refractivity contribution < 1.29 is 4.79 Å². The summed E-state index contributed by atoms with van der Waals surface area (Å²) in [4.78, 5) is 12.1. The number of rotatable bonds is 2. The van der Waals surface area contributed by atoms with Crippen LogP contribution in [0.15, 0.2) is 11.6 Å². The number of ketones is 1. The lowest BCUT2D eigenvalue weighted by Crippen LogP contribution is -2.13. The van der Waals surface area contributed by atoms with Gasteiger partial charge in [-0.1, -0.05) is 25.3 Å². The highest BCUT2D eigenvalue weighted by atomic mass is 16.1. The van der Waals surface area contributed by atoms with Gasteiger partial charge in [-0.15, -0.1) is 0 Å². The fraction of sp³-hybridized carbons (Fsp3) is 0.769. The summed E-state index contributed by atoms with van der Waals surface area (Å²) in [6, 6.07) is 0. The quantitative estimate of drug-likeness (QED) is 0.653. The van der Waals surface area contributed by atoms with Crippen molar-refractivity contribution >= 4 is 5.78 Å². The Balaban J connectivity index is 1.97. The van der Waals surface area contributed by atoms with Gasteiger partial charge in [0.15, 0.2) is 5.78 Å². The maximum absolute atomic E-state index is 12.1. The number of Topliss-reactive ketones (excluding diaryl/α,β-unsaturated/α-hetero) is 1. The van der Waals surface area contributed by atoms with E-state index in [9.17, 15) is 4.79 Å². The van der Waals surface area contributed by atoms with Crippen molar-refractivity contribution in [2.75, 3.05) is 0 Å². The second-order valence-corrected chi connectivity index (χ2v) is 4.67. The molecule has 0 unspecified atom stereocenters. The highest BCUT2D eigenvalue weighted by Gasteiger charge is 2.25. The van der Waals surface area contributed by atoms with Crippen LogP contribution in [0.25, 0.3) is 0 Å². The fourth-order valence-corrected chi connectivity index (χ4v) is 2.69. The van der Waals surface area contributed by atoms with Crippen molar-refractivity contribution in [2.45, 2.75) is 57.8 Å². The average Bonchev–Trinajstić information content (AvgIpc) is 2.59. The lowest BCUT2D eigenvalue weighted by Gasteiger charge is -2.10. The summed E-state index contributed by atoms with van der Waals surface area (Å²) in [6.45, 7) is 0. The third-order valence-corrected chi connectivity index (χ3v) is 3.58. The van der Waals surface area contributed by atoms with E-state index in [-0.39, 0.29) is 0 Å². The van der Waals surface area contributed by atoms with Gasteiger partial charge in [0.2, 0.25) is 0 Å². The minimum atomic E-state index is 0.388. The SMILES string of the molecule is O=C(C1=CCCCCC1)C1CCCC1. The molecule has 0 aliphatic heterocycles. The van der Waals surface area contributed by atoms with Gasteiger partial charge in [0.25, 0.3) is 0 Å². The first kappa shape index (κ1) is 9.95.